The van der Waals surface area contributed by atoms with E-state index in [1.165, 1.54) is 0 Å². The van der Waals surface area contributed by atoms with Crippen molar-refractivity contribution in [2.24, 2.45) is 0 Å². The van der Waals surface area contributed by atoms with Gasteiger partial charge in [0.15, 0.2) is 11.5 Å². The molecule has 2 N–H and O–H groups in total. The van der Waals surface area contributed by atoms with E-state index in [0.717, 1.165) is 24.9 Å². The van der Waals surface area contributed by atoms with Crippen molar-refractivity contribution < 1.29 is 14.3 Å². The molecule has 1 aliphatic heterocycles. The van der Waals surface area contributed by atoms with Crippen LogP contribution in [0.15, 0.2) is 18.2 Å². The van der Waals surface area contributed by atoms with Gasteiger partial charge in [-0.05, 0) is 18.9 Å². The van der Waals surface area contributed by atoms with Crippen LogP contribution in [-0.4, -0.2) is 32.7 Å². The van der Waals surface area contributed by atoms with Crippen LogP contribution in [0.25, 0.3) is 0 Å². The summed E-state index contributed by atoms with van der Waals surface area (Å²) < 4.78 is 10.6. The Hall–Kier alpha value is -1.75. The predicted octanol–water partition coefficient (Wildman–Crippen LogP) is 1.07. The van der Waals surface area contributed by atoms with Crippen molar-refractivity contribution in [1.29, 1.82) is 0 Å². The molecule has 2 rings (SSSR count). The Labute approximate surface area is 113 Å². The van der Waals surface area contributed by atoms with Gasteiger partial charge in [-0.15, -0.1) is 0 Å². The fourth-order valence-corrected chi connectivity index (χ4v) is 2.29. The Bertz CT molecular complexity index is 448. The number of carbonyl (C=O) groups is 1. The molecule has 0 saturated carbocycles. The van der Waals surface area contributed by atoms with Crippen molar-refractivity contribution in [3.63, 3.8) is 0 Å². The van der Waals surface area contributed by atoms with Crippen LogP contribution >= 0.6 is 0 Å². The smallest absolute Gasteiger partial charge is 0.237 e. The lowest BCUT2D eigenvalue weighted by Gasteiger charge is -2.23. The summed E-state index contributed by atoms with van der Waals surface area (Å²) in [6.45, 7) is 1.36. The lowest BCUT2D eigenvalue weighted by atomic mass is 10.1. The molecule has 0 spiro atoms. The van der Waals surface area contributed by atoms with Gasteiger partial charge < -0.3 is 20.1 Å². The van der Waals surface area contributed by atoms with Crippen LogP contribution in [0, 0.1) is 0 Å². The number of ether oxygens (including phenoxy) is 2. The summed E-state index contributed by atoms with van der Waals surface area (Å²) in [5.41, 5.74) is 0.986. The lowest BCUT2D eigenvalue weighted by molar-refractivity contribution is -0.124. The van der Waals surface area contributed by atoms with E-state index in [1.54, 1.807) is 14.2 Å². The highest BCUT2D eigenvalue weighted by atomic mass is 16.5. The summed E-state index contributed by atoms with van der Waals surface area (Å²) >= 11 is 0. The SMILES string of the molecule is COc1cccc(CNC2CCCNC2=O)c1OC. The third-order valence-electron chi connectivity index (χ3n) is 3.31. The van der Waals surface area contributed by atoms with E-state index in [0.29, 0.717) is 18.0 Å². The molecule has 1 amide bonds. The first kappa shape index (κ1) is 13.7. The quantitative estimate of drug-likeness (QED) is 0.835. The normalized spacial score (nSPS) is 18.8. The number of rotatable bonds is 5. The Morgan fingerprint density at radius 1 is 1.37 bits per heavy atom. The van der Waals surface area contributed by atoms with Crippen LogP contribution in [0.5, 0.6) is 11.5 Å². The molecule has 0 aliphatic carbocycles. The van der Waals surface area contributed by atoms with Gasteiger partial charge in [-0.3, -0.25) is 4.79 Å². The van der Waals surface area contributed by atoms with Gasteiger partial charge in [0.2, 0.25) is 5.91 Å². The van der Waals surface area contributed by atoms with Gasteiger partial charge in [0.1, 0.15) is 0 Å². The standard InChI is InChI=1S/C14H20N2O3/c1-18-12-7-3-5-10(13(12)19-2)9-16-11-6-4-8-15-14(11)17/h3,5,7,11,16H,4,6,8-9H2,1-2H3,(H,15,17). The molecule has 0 radical (unpaired) electrons. The minimum Gasteiger partial charge on any atom is -0.493 e. The fourth-order valence-electron chi connectivity index (χ4n) is 2.29. The molecule has 1 aromatic rings. The molecule has 104 valence electrons. The second-order valence-corrected chi connectivity index (χ2v) is 4.52. The Morgan fingerprint density at radius 3 is 2.89 bits per heavy atom. The zero-order chi connectivity index (χ0) is 13.7. The summed E-state index contributed by atoms with van der Waals surface area (Å²) in [5.74, 6) is 1.50. The van der Waals surface area contributed by atoms with Gasteiger partial charge in [-0.1, -0.05) is 12.1 Å². The third kappa shape index (κ3) is 3.17. The highest BCUT2D eigenvalue weighted by Gasteiger charge is 2.21. The van der Waals surface area contributed by atoms with Gasteiger partial charge in [0.25, 0.3) is 0 Å². The van der Waals surface area contributed by atoms with E-state index in [2.05, 4.69) is 10.6 Å². The van der Waals surface area contributed by atoms with Crippen molar-refractivity contribution in [2.45, 2.75) is 25.4 Å². The molecule has 1 atom stereocenters. The average molecular weight is 264 g/mol. The summed E-state index contributed by atoms with van der Waals surface area (Å²) in [7, 11) is 3.23. The third-order valence-corrected chi connectivity index (χ3v) is 3.31. The number of methoxy groups -OCH3 is 2. The molecule has 5 nitrogen and oxygen atoms in total. The fraction of sp³-hybridized carbons (Fsp3) is 0.500. The minimum absolute atomic E-state index is 0.0770. The topological polar surface area (TPSA) is 59.6 Å². The molecule has 1 aliphatic rings. The largest absolute Gasteiger partial charge is 0.493 e. The van der Waals surface area contributed by atoms with Crippen LogP contribution in [0.4, 0.5) is 0 Å². The number of para-hydroxylation sites is 1. The van der Waals surface area contributed by atoms with Gasteiger partial charge in [-0.2, -0.15) is 0 Å². The van der Waals surface area contributed by atoms with E-state index in [4.69, 9.17) is 9.47 Å². The first-order valence-corrected chi connectivity index (χ1v) is 6.47. The molecule has 0 aromatic heterocycles. The molecular formula is C14H20N2O3. The predicted molar refractivity (Wildman–Crippen MR) is 72.4 cm³/mol. The lowest BCUT2D eigenvalue weighted by Crippen LogP contribution is -2.47. The maximum absolute atomic E-state index is 11.7. The van der Waals surface area contributed by atoms with Gasteiger partial charge >= 0.3 is 0 Å². The average Bonchev–Trinajstić information content (AvgIpc) is 2.45. The van der Waals surface area contributed by atoms with E-state index < -0.39 is 0 Å². The van der Waals surface area contributed by atoms with Crippen LogP contribution < -0.4 is 20.1 Å². The van der Waals surface area contributed by atoms with Crippen LogP contribution in [0.1, 0.15) is 18.4 Å². The highest BCUT2D eigenvalue weighted by Crippen LogP contribution is 2.30. The Balaban J connectivity index is 2.04. The molecular weight excluding hydrogens is 244 g/mol. The number of carbonyl (C=O) groups excluding carboxylic acids is 1. The molecule has 0 bridgehead atoms. The Morgan fingerprint density at radius 2 is 2.21 bits per heavy atom. The molecule has 19 heavy (non-hydrogen) atoms. The maximum atomic E-state index is 11.7. The minimum atomic E-state index is -0.121. The van der Waals surface area contributed by atoms with Crippen molar-refractivity contribution in [3.8, 4) is 11.5 Å². The highest BCUT2D eigenvalue weighted by molar-refractivity contribution is 5.82. The van der Waals surface area contributed by atoms with Crippen molar-refractivity contribution in [2.75, 3.05) is 20.8 Å². The summed E-state index contributed by atoms with van der Waals surface area (Å²) in [6.07, 6.45) is 1.89. The second-order valence-electron chi connectivity index (χ2n) is 4.52. The van der Waals surface area contributed by atoms with Crippen molar-refractivity contribution in [3.05, 3.63) is 23.8 Å². The first-order valence-electron chi connectivity index (χ1n) is 6.47. The second kappa shape index (κ2) is 6.43. The van der Waals surface area contributed by atoms with E-state index in [-0.39, 0.29) is 11.9 Å². The maximum Gasteiger partial charge on any atom is 0.237 e. The zero-order valence-corrected chi connectivity index (χ0v) is 11.4. The monoisotopic (exact) mass is 264 g/mol. The number of hydrogen-bond acceptors (Lipinski definition) is 4. The summed E-state index contributed by atoms with van der Waals surface area (Å²) in [5, 5.41) is 6.13. The van der Waals surface area contributed by atoms with Gasteiger partial charge in [0, 0.05) is 18.7 Å². The molecule has 1 fully saturated rings. The number of benzene rings is 1. The zero-order valence-electron chi connectivity index (χ0n) is 11.4. The molecule has 1 unspecified atom stereocenters. The van der Waals surface area contributed by atoms with Gasteiger partial charge in [0.05, 0.1) is 20.3 Å². The van der Waals surface area contributed by atoms with Crippen LogP contribution in [-0.2, 0) is 11.3 Å². The van der Waals surface area contributed by atoms with E-state index in [9.17, 15) is 4.79 Å². The van der Waals surface area contributed by atoms with Crippen LogP contribution in [0.2, 0.25) is 0 Å². The van der Waals surface area contributed by atoms with E-state index in [1.807, 2.05) is 18.2 Å². The summed E-state index contributed by atoms with van der Waals surface area (Å²) in [4.78, 5) is 11.7. The molecule has 1 saturated heterocycles. The Kier molecular flexibility index (Phi) is 4.63. The number of nitrogens with one attached hydrogen (secondary N) is 2. The number of piperidine rings is 1. The first-order chi connectivity index (χ1) is 9.26. The number of amides is 1. The van der Waals surface area contributed by atoms with Crippen LogP contribution in [0.3, 0.4) is 0 Å². The molecule has 1 heterocycles. The summed E-state index contributed by atoms with van der Waals surface area (Å²) in [6, 6.07) is 5.62. The molecule has 1 aromatic carbocycles. The van der Waals surface area contributed by atoms with Crippen molar-refractivity contribution in [1.82, 2.24) is 10.6 Å². The van der Waals surface area contributed by atoms with E-state index >= 15 is 0 Å². The van der Waals surface area contributed by atoms with Crippen molar-refractivity contribution >= 4 is 5.91 Å². The number of hydrogen-bond donors (Lipinski definition) is 2. The molecule has 5 heteroatoms. The van der Waals surface area contributed by atoms with Gasteiger partial charge in [-0.25, -0.2) is 0 Å².